The minimum atomic E-state index is -3.85. The van der Waals surface area contributed by atoms with Gasteiger partial charge in [0.1, 0.15) is 11.9 Å². The summed E-state index contributed by atoms with van der Waals surface area (Å²) < 4.78 is 42.8. The summed E-state index contributed by atoms with van der Waals surface area (Å²) >= 11 is 1.40. The number of likely N-dealkylation sites (tertiary alicyclic amines) is 1. The summed E-state index contributed by atoms with van der Waals surface area (Å²) in [5.74, 6) is 0.510. The second-order valence-electron chi connectivity index (χ2n) is 8.35. The van der Waals surface area contributed by atoms with Gasteiger partial charge < -0.3 is 10.1 Å². The smallest absolute Gasteiger partial charge is 0.238 e. The number of anilines is 2. The maximum absolute atomic E-state index is 13.4. The van der Waals surface area contributed by atoms with Gasteiger partial charge in [0.15, 0.2) is 5.13 Å². The lowest BCUT2D eigenvalue weighted by molar-refractivity contribution is 0.243. The maximum Gasteiger partial charge on any atom is 0.238 e. The van der Waals surface area contributed by atoms with E-state index in [0.717, 1.165) is 29.9 Å². The summed E-state index contributed by atoms with van der Waals surface area (Å²) in [5.41, 5.74) is 3.37. The van der Waals surface area contributed by atoms with E-state index in [1.165, 1.54) is 23.5 Å². The molecule has 3 aromatic rings. The Morgan fingerprint density at radius 2 is 2.03 bits per heavy atom. The lowest BCUT2D eigenvalue weighted by atomic mass is 10.1. The number of hydrogen-bond donors (Lipinski definition) is 2. The molecule has 2 aromatic carbocycles. The third-order valence-electron chi connectivity index (χ3n) is 5.26. The van der Waals surface area contributed by atoms with E-state index in [9.17, 15) is 12.8 Å². The molecule has 0 unspecified atom stereocenters. The Bertz CT molecular complexity index is 1210. The fraction of sp³-hybridized carbons (Fsp3) is 0.348. The molecule has 1 saturated heterocycles. The van der Waals surface area contributed by atoms with Crippen molar-refractivity contribution in [1.82, 2.24) is 9.88 Å². The van der Waals surface area contributed by atoms with E-state index in [-0.39, 0.29) is 11.0 Å². The zero-order chi connectivity index (χ0) is 23.6. The van der Waals surface area contributed by atoms with Gasteiger partial charge in [0.05, 0.1) is 22.4 Å². The van der Waals surface area contributed by atoms with Crippen molar-refractivity contribution in [2.75, 3.05) is 18.4 Å². The molecular weight excluding hydrogens is 463 g/mol. The molecule has 33 heavy (non-hydrogen) atoms. The Kier molecular flexibility index (Phi) is 6.99. The van der Waals surface area contributed by atoms with E-state index in [0.29, 0.717) is 29.5 Å². The number of alkyl halides is 1. The largest absolute Gasteiger partial charge is 0.489 e. The van der Waals surface area contributed by atoms with Gasteiger partial charge in [-0.3, -0.25) is 4.90 Å². The number of benzene rings is 2. The van der Waals surface area contributed by atoms with E-state index >= 15 is 0 Å². The van der Waals surface area contributed by atoms with Gasteiger partial charge in [-0.05, 0) is 44.0 Å². The van der Waals surface area contributed by atoms with Crippen LogP contribution in [0.2, 0.25) is 0 Å². The van der Waals surface area contributed by atoms with Crippen LogP contribution in [0.3, 0.4) is 0 Å². The van der Waals surface area contributed by atoms with E-state index in [1.807, 2.05) is 43.5 Å². The van der Waals surface area contributed by atoms with Crippen molar-refractivity contribution in [3.63, 3.8) is 0 Å². The van der Waals surface area contributed by atoms with Gasteiger partial charge in [-0.1, -0.05) is 24.3 Å². The SMILES string of the molecule is CC(C)Oc1ccc(S(N)(=O)=O)cc1Nc1nc(-c2ccc(CN3CC[C@@H](F)C3)cc2)cs1. The van der Waals surface area contributed by atoms with Crippen LogP contribution in [0.4, 0.5) is 15.2 Å². The topological polar surface area (TPSA) is 97.5 Å². The van der Waals surface area contributed by atoms with E-state index < -0.39 is 16.2 Å². The lowest BCUT2D eigenvalue weighted by Crippen LogP contribution is -2.20. The molecule has 0 radical (unpaired) electrons. The number of hydrogen-bond acceptors (Lipinski definition) is 7. The van der Waals surface area contributed by atoms with Gasteiger partial charge in [-0.2, -0.15) is 0 Å². The molecule has 0 saturated carbocycles. The second-order valence-corrected chi connectivity index (χ2v) is 10.8. The summed E-state index contributed by atoms with van der Waals surface area (Å²) in [6.07, 6.45) is -0.202. The molecule has 1 aromatic heterocycles. The fourth-order valence-corrected chi connectivity index (χ4v) is 4.96. The van der Waals surface area contributed by atoms with Crippen LogP contribution >= 0.6 is 11.3 Å². The molecule has 10 heteroatoms. The molecule has 3 N–H and O–H groups in total. The van der Waals surface area contributed by atoms with Crippen LogP contribution in [0, 0.1) is 0 Å². The Morgan fingerprint density at radius 1 is 1.27 bits per heavy atom. The van der Waals surface area contributed by atoms with Crippen molar-refractivity contribution in [1.29, 1.82) is 0 Å². The summed E-state index contributed by atoms with van der Waals surface area (Å²) in [4.78, 5) is 6.76. The average molecular weight is 491 g/mol. The van der Waals surface area contributed by atoms with Gasteiger partial charge in [-0.25, -0.2) is 22.9 Å². The Hall–Kier alpha value is -2.53. The van der Waals surface area contributed by atoms with Gasteiger partial charge in [0, 0.05) is 30.6 Å². The van der Waals surface area contributed by atoms with Crippen LogP contribution in [0.25, 0.3) is 11.3 Å². The van der Waals surface area contributed by atoms with E-state index in [2.05, 4.69) is 15.2 Å². The number of thiazole rings is 1. The van der Waals surface area contributed by atoms with Gasteiger partial charge in [0.2, 0.25) is 10.0 Å². The number of halogens is 1. The van der Waals surface area contributed by atoms with Crippen molar-refractivity contribution >= 4 is 32.2 Å². The number of nitrogens with two attached hydrogens (primary N) is 1. The molecule has 1 atom stereocenters. The molecule has 1 fully saturated rings. The Labute approximate surface area is 197 Å². The molecule has 7 nitrogen and oxygen atoms in total. The summed E-state index contributed by atoms with van der Waals surface area (Å²) in [7, 11) is -3.85. The minimum Gasteiger partial charge on any atom is -0.489 e. The number of nitrogens with zero attached hydrogens (tertiary/aromatic N) is 2. The zero-order valence-electron chi connectivity index (χ0n) is 18.5. The molecule has 0 aliphatic carbocycles. The minimum absolute atomic E-state index is 0.00874. The quantitative estimate of drug-likeness (QED) is 0.481. The second kappa shape index (κ2) is 9.76. The van der Waals surface area contributed by atoms with Crippen LogP contribution < -0.4 is 15.2 Å². The molecule has 2 heterocycles. The highest BCUT2D eigenvalue weighted by Crippen LogP contribution is 2.34. The zero-order valence-corrected chi connectivity index (χ0v) is 20.1. The molecule has 0 spiro atoms. The summed E-state index contributed by atoms with van der Waals surface area (Å²) in [6.45, 7) is 5.81. The first kappa shape index (κ1) is 23.6. The van der Waals surface area contributed by atoms with Crippen LogP contribution in [0.5, 0.6) is 5.75 Å². The molecule has 0 bridgehead atoms. The third-order valence-corrected chi connectivity index (χ3v) is 6.93. The Morgan fingerprint density at radius 3 is 2.67 bits per heavy atom. The van der Waals surface area contributed by atoms with Crippen molar-refractivity contribution in [2.45, 2.75) is 44.0 Å². The first-order valence-electron chi connectivity index (χ1n) is 10.7. The molecule has 4 rings (SSSR count). The van der Waals surface area contributed by atoms with Crippen LogP contribution in [-0.2, 0) is 16.6 Å². The first-order valence-corrected chi connectivity index (χ1v) is 13.1. The maximum atomic E-state index is 13.4. The molecule has 1 aliphatic rings. The molecular formula is C23H27FN4O3S2. The molecule has 0 amide bonds. The van der Waals surface area contributed by atoms with Gasteiger partial charge in [-0.15, -0.1) is 11.3 Å². The highest BCUT2D eigenvalue weighted by atomic mass is 32.2. The van der Waals surface area contributed by atoms with E-state index in [4.69, 9.17) is 9.88 Å². The highest BCUT2D eigenvalue weighted by molar-refractivity contribution is 7.89. The van der Waals surface area contributed by atoms with Crippen molar-refractivity contribution in [2.24, 2.45) is 5.14 Å². The number of nitrogens with one attached hydrogen (secondary N) is 1. The monoisotopic (exact) mass is 490 g/mol. The lowest BCUT2D eigenvalue weighted by Gasteiger charge is -2.15. The van der Waals surface area contributed by atoms with Crippen molar-refractivity contribution in [3.8, 4) is 17.0 Å². The van der Waals surface area contributed by atoms with Crippen LogP contribution in [0.1, 0.15) is 25.8 Å². The Balaban J connectivity index is 1.50. The molecule has 176 valence electrons. The van der Waals surface area contributed by atoms with Gasteiger partial charge in [0.25, 0.3) is 0 Å². The molecule has 1 aliphatic heterocycles. The highest BCUT2D eigenvalue weighted by Gasteiger charge is 2.21. The number of primary sulfonamides is 1. The first-order chi connectivity index (χ1) is 15.7. The number of sulfonamides is 1. The summed E-state index contributed by atoms with van der Waals surface area (Å²) in [5, 5.41) is 11.0. The number of rotatable bonds is 8. The predicted octanol–water partition coefficient (Wildman–Crippen LogP) is 4.53. The van der Waals surface area contributed by atoms with E-state index in [1.54, 1.807) is 6.07 Å². The van der Waals surface area contributed by atoms with Crippen molar-refractivity contribution < 1.29 is 17.5 Å². The number of aromatic nitrogens is 1. The predicted molar refractivity (Wildman–Crippen MR) is 129 cm³/mol. The van der Waals surface area contributed by atoms with Gasteiger partial charge >= 0.3 is 0 Å². The van der Waals surface area contributed by atoms with Crippen molar-refractivity contribution in [3.05, 3.63) is 53.4 Å². The van der Waals surface area contributed by atoms with Crippen LogP contribution in [0.15, 0.2) is 52.7 Å². The third kappa shape index (κ3) is 6.08. The fourth-order valence-electron chi connectivity index (χ4n) is 3.69. The number of ether oxygens (including phenoxy) is 1. The normalized spacial score (nSPS) is 16.9. The average Bonchev–Trinajstić information content (AvgIpc) is 3.38. The van der Waals surface area contributed by atoms with Crippen LogP contribution in [-0.4, -0.2) is 43.7 Å². The standard InChI is InChI=1S/C23H27FN4O3S2/c1-15(2)31-22-8-7-19(33(25,29)30)11-20(22)26-23-27-21(14-32-23)17-5-3-16(4-6-17)12-28-10-9-18(24)13-28/h3-8,11,14-15,18H,9-10,12-13H2,1-2H3,(H,26,27)(H2,25,29,30)/t18-/m1/s1. The summed E-state index contributed by atoms with van der Waals surface area (Å²) in [6, 6.07) is 12.5.